The van der Waals surface area contributed by atoms with E-state index in [-0.39, 0.29) is 17.9 Å². The van der Waals surface area contributed by atoms with Crippen LogP contribution in [0.5, 0.6) is 0 Å². The third-order valence-electron chi connectivity index (χ3n) is 3.67. The topological polar surface area (TPSA) is 116 Å². The number of nitro benzene ring substituents is 1. The van der Waals surface area contributed by atoms with Gasteiger partial charge in [0.15, 0.2) is 0 Å². The summed E-state index contributed by atoms with van der Waals surface area (Å²) in [5, 5.41) is 10.9. The summed E-state index contributed by atoms with van der Waals surface area (Å²) in [5.41, 5.74) is -1.19. The van der Waals surface area contributed by atoms with Gasteiger partial charge in [-0.3, -0.25) is 14.9 Å². The number of halogens is 3. The fourth-order valence-electron chi connectivity index (χ4n) is 2.25. The van der Waals surface area contributed by atoms with Crippen molar-refractivity contribution in [3.05, 3.63) is 69.8 Å². The molecule has 0 radical (unpaired) electrons. The highest BCUT2D eigenvalue weighted by Crippen LogP contribution is 2.30. The van der Waals surface area contributed by atoms with Gasteiger partial charge in [0.1, 0.15) is 6.61 Å². The minimum Gasteiger partial charge on any atom is -0.460 e. The molecule has 0 atom stereocenters. The number of para-hydroxylation sites is 1. The summed E-state index contributed by atoms with van der Waals surface area (Å²) in [6, 6.07) is 8.79. The molecular formula is C17H15F3N2O6S. The Bertz CT molecular complexity index is 1010. The van der Waals surface area contributed by atoms with Crippen LogP contribution in [0.4, 0.5) is 18.9 Å². The van der Waals surface area contributed by atoms with Crippen LogP contribution in [-0.2, 0) is 32.3 Å². The Morgan fingerprint density at radius 2 is 1.83 bits per heavy atom. The molecule has 2 aromatic rings. The third-order valence-corrected chi connectivity index (χ3v) is 5.13. The maximum atomic E-state index is 12.7. The van der Waals surface area contributed by atoms with Crippen LogP contribution in [0.25, 0.3) is 0 Å². The molecule has 0 aliphatic rings. The van der Waals surface area contributed by atoms with Crippen molar-refractivity contribution in [2.75, 3.05) is 6.54 Å². The maximum absolute atomic E-state index is 12.7. The van der Waals surface area contributed by atoms with Crippen LogP contribution < -0.4 is 4.72 Å². The molecule has 2 aromatic carbocycles. The lowest BCUT2D eigenvalue weighted by Gasteiger charge is -2.10. The van der Waals surface area contributed by atoms with Crippen LogP contribution in [0, 0.1) is 10.1 Å². The molecular weight excluding hydrogens is 417 g/mol. The lowest BCUT2D eigenvalue weighted by molar-refractivity contribution is -0.385. The lowest BCUT2D eigenvalue weighted by Crippen LogP contribution is -2.27. The zero-order valence-corrected chi connectivity index (χ0v) is 15.5. The molecule has 2 rings (SSSR count). The summed E-state index contributed by atoms with van der Waals surface area (Å²) in [4.78, 5) is 21.4. The Morgan fingerprint density at radius 3 is 2.48 bits per heavy atom. The van der Waals surface area contributed by atoms with E-state index in [9.17, 15) is 36.5 Å². The second-order valence-corrected chi connectivity index (χ2v) is 7.49. The van der Waals surface area contributed by atoms with Gasteiger partial charge in [-0.15, -0.1) is 0 Å². The smallest absolute Gasteiger partial charge is 0.416 e. The van der Waals surface area contributed by atoms with Gasteiger partial charge in [-0.2, -0.15) is 13.2 Å². The molecule has 0 saturated carbocycles. The molecule has 0 fully saturated rings. The van der Waals surface area contributed by atoms with Crippen molar-refractivity contribution in [2.45, 2.75) is 24.1 Å². The van der Waals surface area contributed by atoms with E-state index in [1.165, 1.54) is 24.3 Å². The van der Waals surface area contributed by atoms with Crippen molar-refractivity contribution in [2.24, 2.45) is 0 Å². The fraction of sp³-hybridized carbons (Fsp3) is 0.235. The van der Waals surface area contributed by atoms with Crippen LogP contribution in [0.2, 0.25) is 0 Å². The van der Waals surface area contributed by atoms with E-state index in [2.05, 4.69) is 0 Å². The zero-order valence-electron chi connectivity index (χ0n) is 14.7. The van der Waals surface area contributed by atoms with E-state index in [0.717, 1.165) is 18.2 Å². The number of sulfonamides is 1. The van der Waals surface area contributed by atoms with E-state index in [1.54, 1.807) is 0 Å². The first kappa shape index (κ1) is 22.3. The standard InChI is InChI=1S/C17H15F3N2O6S/c18-17(19,20)13-5-3-6-14(10-13)29(26,27)21-9-8-16(23)28-11-12-4-1-2-7-15(12)22(24)25/h1-7,10,21H,8-9,11H2. The Hall–Kier alpha value is -2.99. The van der Waals surface area contributed by atoms with E-state index in [4.69, 9.17) is 4.74 Å². The molecule has 0 aliphatic heterocycles. The molecule has 29 heavy (non-hydrogen) atoms. The van der Waals surface area contributed by atoms with E-state index >= 15 is 0 Å². The number of hydrogen-bond donors (Lipinski definition) is 1. The fourth-order valence-corrected chi connectivity index (χ4v) is 3.33. The summed E-state index contributed by atoms with van der Waals surface area (Å²) in [7, 11) is -4.27. The predicted molar refractivity (Wildman–Crippen MR) is 94.1 cm³/mol. The first-order valence-corrected chi connectivity index (χ1v) is 9.54. The van der Waals surface area contributed by atoms with Crippen molar-refractivity contribution in [3.63, 3.8) is 0 Å². The van der Waals surface area contributed by atoms with Gasteiger partial charge in [0, 0.05) is 12.6 Å². The number of carbonyl (C=O) groups excluding carboxylic acids is 1. The van der Waals surface area contributed by atoms with Gasteiger partial charge < -0.3 is 4.74 Å². The third kappa shape index (κ3) is 6.26. The molecule has 12 heteroatoms. The van der Waals surface area contributed by atoms with E-state index in [1.807, 2.05) is 4.72 Å². The number of nitrogens with one attached hydrogen (secondary N) is 1. The number of esters is 1. The Balaban J connectivity index is 1.91. The van der Waals surface area contributed by atoms with Crippen molar-refractivity contribution in [1.29, 1.82) is 0 Å². The van der Waals surface area contributed by atoms with Crippen molar-refractivity contribution < 1.29 is 36.0 Å². The SMILES string of the molecule is O=C(CCNS(=O)(=O)c1cccc(C(F)(F)F)c1)OCc1ccccc1[N+](=O)[O-]. The first-order chi connectivity index (χ1) is 13.5. The van der Waals surface area contributed by atoms with E-state index < -0.39 is 50.5 Å². The molecule has 0 spiro atoms. The number of hydrogen-bond acceptors (Lipinski definition) is 6. The van der Waals surface area contributed by atoms with Gasteiger partial charge in [-0.05, 0) is 24.3 Å². The van der Waals surface area contributed by atoms with Crippen molar-refractivity contribution >= 4 is 21.7 Å². The summed E-state index contributed by atoms with van der Waals surface area (Å²) in [6.45, 7) is -0.801. The minimum atomic E-state index is -4.70. The van der Waals surface area contributed by atoms with Crippen LogP contribution in [-0.4, -0.2) is 25.9 Å². The average molecular weight is 432 g/mol. The summed E-state index contributed by atoms with van der Waals surface area (Å²) in [5.74, 6) is -0.838. The van der Waals surface area contributed by atoms with Gasteiger partial charge in [-0.1, -0.05) is 18.2 Å². The summed E-state index contributed by atoms with van der Waals surface area (Å²) < 4.78 is 69.2. The highest BCUT2D eigenvalue weighted by atomic mass is 32.2. The quantitative estimate of drug-likeness (QED) is 0.390. The molecule has 1 N–H and O–H groups in total. The van der Waals surface area contributed by atoms with Gasteiger partial charge in [0.05, 0.1) is 27.4 Å². The van der Waals surface area contributed by atoms with Gasteiger partial charge >= 0.3 is 12.1 Å². The van der Waals surface area contributed by atoms with E-state index in [0.29, 0.717) is 6.07 Å². The largest absolute Gasteiger partial charge is 0.460 e. The van der Waals surface area contributed by atoms with Crippen LogP contribution in [0.1, 0.15) is 17.5 Å². The zero-order chi connectivity index (χ0) is 21.7. The van der Waals surface area contributed by atoms with Gasteiger partial charge in [0.2, 0.25) is 10.0 Å². The molecule has 0 bridgehead atoms. The number of ether oxygens (including phenoxy) is 1. The normalized spacial score (nSPS) is 11.8. The second kappa shape index (κ2) is 9.01. The average Bonchev–Trinajstić information content (AvgIpc) is 2.66. The Labute approximate surface area is 163 Å². The minimum absolute atomic E-state index is 0.162. The second-order valence-electron chi connectivity index (χ2n) is 5.72. The van der Waals surface area contributed by atoms with Crippen molar-refractivity contribution in [3.8, 4) is 0 Å². The van der Waals surface area contributed by atoms with Crippen LogP contribution >= 0.6 is 0 Å². The Morgan fingerprint density at radius 1 is 1.14 bits per heavy atom. The van der Waals surface area contributed by atoms with Gasteiger partial charge in [0.25, 0.3) is 5.69 Å². The molecule has 0 aliphatic carbocycles. The highest BCUT2D eigenvalue weighted by Gasteiger charge is 2.31. The Kier molecular flexibility index (Phi) is 6.93. The number of nitro groups is 1. The maximum Gasteiger partial charge on any atom is 0.416 e. The summed E-state index contributed by atoms with van der Waals surface area (Å²) >= 11 is 0. The molecule has 0 unspecified atom stereocenters. The monoisotopic (exact) mass is 432 g/mol. The molecule has 8 nitrogen and oxygen atoms in total. The highest BCUT2D eigenvalue weighted by molar-refractivity contribution is 7.89. The number of nitrogens with zero attached hydrogens (tertiary/aromatic N) is 1. The van der Waals surface area contributed by atoms with Crippen molar-refractivity contribution in [1.82, 2.24) is 4.72 Å². The molecule has 0 saturated heterocycles. The lowest BCUT2D eigenvalue weighted by atomic mass is 10.2. The molecule has 156 valence electrons. The number of alkyl halides is 3. The number of carbonyl (C=O) groups is 1. The van der Waals surface area contributed by atoms with Crippen LogP contribution in [0.3, 0.4) is 0 Å². The van der Waals surface area contributed by atoms with Gasteiger partial charge in [-0.25, -0.2) is 13.1 Å². The molecule has 0 heterocycles. The number of rotatable bonds is 8. The number of benzene rings is 2. The molecule has 0 aromatic heterocycles. The van der Waals surface area contributed by atoms with Crippen LogP contribution in [0.15, 0.2) is 53.4 Å². The molecule has 0 amide bonds. The first-order valence-electron chi connectivity index (χ1n) is 8.05. The summed E-state index contributed by atoms with van der Waals surface area (Å²) in [6.07, 6.45) is -5.12. The predicted octanol–water partition coefficient (Wildman–Crippen LogP) is 3.03.